The van der Waals surface area contributed by atoms with Gasteiger partial charge in [-0.1, -0.05) is 35.3 Å². The zero-order valence-electron chi connectivity index (χ0n) is 10.4. The van der Waals surface area contributed by atoms with Gasteiger partial charge in [0, 0.05) is 6.54 Å². The number of amides is 1. The van der Waals surface area contributed by atoms with Gasteiger partial charge in [0.25, 0.3) is 5.91 Å². The molecule has 0 unspecified atom stereocenters. The monoisotopic (exact) mass is 327 g/mol. The first-order valence-electron chi connectivity index (χ1n) is 6.15. The van der Waals surface area contributed by atoms with Crippen LogP contribution in [0.25, 0.3) is 0 Å². The minimum Gasteiger partial charge on any atom is -0.506 e. The van der Waals surface area contributed by atoms with Gasteiger partial charge in [0.15, 0.2) is 0 Å². The van der Waals surface area contributed by atoms with Gasteiger partial charge in [0.2, 0.25) is 0 Å². The minimum absolute atomic E-state index is 0.119. The molecule has 2 aromatic rings. The van der Waals surface area contributed by atoms with Crippen LogP contribution in [0.3, 0.4) is 0 Å². The van der Waals surface area contributed by atoms with Crippen LogP contribution < -0.4 is 4.90 Å². The van der Waals surface area contributed by atoms with E-state index in [2.05, 4.69) is 0 Å². The average Bonchev–Trinajstić information content (AvgIpc) is 2.77. The molecule has 20 heavy (non-hydrogen) atoms. The number of hydrogen-bond donors (Lipinski definition) is 1. The predicted octanol–water partition coefficient (Wildman–Crippen LogP) is 4.35. The largest absolute Gasteiger partial charge is 0.506 e. The quantitative estimate of drug-likeness (QED) is 0.845. The number of nitrogens with zero attached hydrogens (tertiary/aromatic N) is 1. The van der Waals surface area contributed by atoms with Crippen molar-refractivity contribution in [1.29, 1.82) is 0 Å². The highest BCUT2D eigenvalue weighted by Gasteiger charge is 2.28. The number of carbonyl (C=O) groups excluding carboxylic acids is 1. The van der Waals surface area contributed by atoms with Crippen molar-refractivity contribution in [3.63, 3.8) is 0 Å². The number of aryl methyl sites for hydroxylation is 1. The molecule has 0 aliphatic carbocycles. The van der Waals surface area contributed by atoms with Gasteiger partial charge in [0.05, 0.1) is 15.6 Å². The second-order valence-electron chi connectivity index (χ2n) is 4.58. The first kappa shape index (κ1) is 13.7. The van der Waals surface area contributed by atoms with Gasteiger partial charge in [-0.15, -0.1) is 11.3 Å². The van der Waals surface area contributed by atoms with Crippen molar-refractivity contribution in [3.8, 4) is 5.75 Å². The van der Waals surface area contributed by atoms with Crippen molar-refractivity contribution in [2.45, 2.75) is 12.8 Å². The Balaban J connectivity index is 2.05. The number of anilines is 1. The SMILES string of the molecule is O=C(c1cc(Cl)sc1Cl)N1CCCc2cccc(O)c21. The molecule has 0 radical (unpaired) electrons. The molecule has 1 N–H and O–H groups in total. The number of rotatable bonds is 1. The normalized spacial score (nSPS) is 14.2. The summed E-state index contributed by atoms with van der Waals surface area (Å²) in [6.07, 6.45) is 1.71. The Labute approximate surface area is 130 Å². The number of thiophene rings is 1. The number of phenols is 1. The molecular formula is C14H11Cl2NO2S. The summed E-state index contributed by atoms with van der Waals surface area (Å²) in [5.41, 5.74) is 1.95. The molecule has 1 aromatic heterocycles. The molecule has 2 heterocycles. The van der Waals surface area contributed by atoms with E-state index < -0.39 is 0 Å². The molecule has 0 atom stereocenters. The van der Waals surface area contributed by atoms with E-state index in [0.717, 1.165) is 18.4 Å². The van der Waals surface area contributed by atoms with E-state index in [1.165, 1.54) is 11.3 Å². The molecule has 1 aliphatic rings. The van der Waals surface area contributed by atoms with Gasteiger partial charge < -0.3 is 10.0 Å². The van der Waals surface area contributed by atoms with Crippen LogP contribution in [0.15, 0.2) is 24.3 Å². The van der Waals surface area contributed by atoms with E-state index in [1.807, 2.05) is 6.07 Å². The lowest BCUT2D eigenvalue weighted by molar-refractivity contribution is 0.0985. The van der Waals surface area contributed by atoms with Crippen LogP contribution >= 0.6 is 34.5 Å². The minimum atomic E-state index is -0.222. The molecule has 6 heteroatoms. The van der Waals surface area contributed by atoms with Crippen molar-refractivity contribution in [2.24, 2.45) is 0 Å². The molecule has 1 amide bonds. The Morgan fingerprint density at radius 3 is 2.85 bits per heavy atom. The van der Waals surface area contributed by atoms with Gasteiger partial charge >= 0.3 is 0 Å². The fourth-order valence-corrected chi connectivity index (χ4v) is 3.91. The maximum Gasteiger partial charge on any atom is 0.260 e. The number of phenolic OH excluding ortho intramolecular Hbond substituents is 1. The van der Waals surface area contributed by atoms with Crippen LogP contribution in [0, 0.1) is 0 Å². The van der Waals surface area contributed by atoms with E-state index in [4.69, 9.17) is 23.2 Å². The van der Waals surface area contributed by atoms with Crippen LogP contribution in [0.1, 0.15) is 22.3 Å². The highest BCUT2D eigenvalue weighted by Crippen LogP contribution is 2.38. The number of para-hydroxylation sites is 1. The topological polar surface area (TPSA) is 40.5 Å². The van der Waals surface area contributed by atoms with Crippen LogP contribution in [0.5, 0.6) is 5.75 Å². The molecule has 0 saturated heterocycles. The van der Waals surface area contributed by atoms with Gasteiger partial charge in [-0.2, -0.15) is 0 Å². The maximum absolute atomic E-state index is 12.6. The second-order valence-corrected chi connectivity index (χ2v) is 6.87. The van der Waals surface area contributed by atoms with Crippen LogP contribution in [0.2, 0.25) is 8.67 Å². The highest BCUT2D eigenvalue weighted by atomic mass is 35.5. The van der Waals surface area contributed by atoms with Crippen molar-refractivity contribution in [3.05, 3.63) is 44.1 Å². The first-order chi connectivity index (χ1) is 9.58. The van der Waals surface area contributed by atoms with Gasteiger partial charge in [0.1, 0.15) is 10.1 Å². The molecule has 0 fully saturated rings. The van der Waals surface area contributed by atoms with Gasteiger partial charge in [-0.05, 0) is 30.5 Å². The third kappa shape index (κ3) is 2.28. The molecule has 104 valence electrons. The summed E-state index contributed by atoms with van der Waals surface area (Å²) in [7, 11) is 0. The highest BCUT2D eigenvalue weighted by molar-refractivity contribution is 7.20. The summed E-state index contributed by atoms with van der Waals surface area (Å²) in [4.78, 5) is 14.2. The lowest BCUT2D eigenvalue weighted by Gasteiger charge is -2.30. The second kappa shape index (κ2) is 5.28. The standard InChI is InChI=1S/C14H11Cl2NO2S/c15-11-7-9(13(16)20-11)14(19)17-6-2-4-8-3-1-5-10(18)12(8)17/h1,3,5,7,18H,2,4,6H2. The lowest BCUT2D eigenvalue weighted by atomic mass is 10.0. The summed E-state index contributed by atoms with van der Waals surface area (Å²) in [5, 5.41) is 10.0. The summed E-state index contributed by atoms with van der Waals surface area (Å²) in [6.45, 7) is 0.563. The Bertz CT molecular complexity index is 684. The number of hydrogen-bond acceptors (Lipinski definition) is 3. The Hall–Kier alpha value is -1.23. The number of halogens is 2. The smallest absolute Gasteiger partial charge is 0.260 e. The summed E-state index contributed by atoms with van der Waals surface area (Å²) in [6, 6.07) is 6.88. The van der Waals surface area contributed by atoms with Crippen LogP contribution in [-0.4, -0.2) is 17.6 Å². The van der Waals surface area contributed by atoms with E-state index in [1.54, 1.807) is 23.1 Å². The molecule has 0 bridgehead atoms. The molecule has 0 saturated carbocycles. The van der Waals surface area contributed by atoms with Crippen molar-refractivity contribution >= 4 is 46.1 Å². The van der Waals surface area contributed by atoms with Crippen molar-refractivity contribution in [2.75, 3.05) is 11.4 Å². The number of fused-ring (bicyclic) bond motifs is 1. The number of carbonyl (C=O) groups is 1. The number of benzene rings is 1. The Kier molecular flexibility index (Phi) is 3.63. The molecule has 0 spiro atoms. The van der Waals surface area contributed by atoms with E-state index in [0.29, 0.717) is 26.5 Å². The van der Waals surface area contributed by atoms with Gasteiger partial charge in [-0.25, -0.2) is 0 Å². The zero-order chi connectivity index (χ0) is 14.3. The number of aromatic hydroxyl groups is 1. The fraction of sp³-hybridized carbons (Fsp3) is 0.214. The van der Waals surface area contributed by atoms with E-state index in [-0.39, 0.29) is 11.7 Å². The van der Waals surface area contributed by atoms with Gasteiger partial charge in [-0.3, -0.25) is 4.79 Å². The lowest BCUT2D eigenvalue weighted by Crippen LogP contribution is -2.35. The molecule has 3 nitrogen and oxygen atoms in total. The first-order valence-corrected chi connectivity index (χ1v) is 7.72. The zero-order valence-corrected chi connectivity index (χ0v) is 12.7. The molecule has 3 rings (SSSR count). The third-order valence-electron chi connectivity index (χ3n) is 3.33. The Morgan fingerprint density at radius 2 is 2.15 bits per heavy atom. The summed E-state index contributed by atoms with van der Waals surface area (Å²) < 4.78 is 0.857. The third-order valence-corrected chi connectivity index (χ3v) is 4.82. The Morgan fingerprint density at radius 1 is 1.35 bits per heavy atom. The fourth-order valence-electron chi connectivity index (χ4n) is 2.47. The maximum atomic E-state index is 12.6. The predicted molar refractivity (Wildman–Crippen MR) is 82.4 cm³/mol. The summed E-state index contributed by atoms with van der Waals surface area (Å²) in [5.74, 6) is -0.103. The molecule has 1 aliphatic heterocycles. The average molecular weight is 328 g/mol. The van der Waals surface area contributed by atoms with E-state index >= 15 is 0 Å². The van der Waals surface area contributed by atoms with E-state index in [9.17, 15) is 9.90 Å². The van der Waals surface area contributed by atoms with Crippen molar-refractivity contribution < 1.29 is 9.90 Å². The molecular weight excluding hydrogens is 317 g/mol. The van der Waals surface area contributed by atoms with Crippen LogP contribution in [0.4, 0.5) is 5.69 Å². The van der Waals surface area contributed by atoms with Crippen LogP contribution in [-0.2, 0) is 6.42 Å². The summed E-state index contributed by atoms with van der Waals surface area (Å²) >= 11 is 13.1. The molecule has 1 aromatic carbocycles. The van der Waals surface area contributed by atoms with Crippen molar-refractivity contribution in [1.82, 2.24) is 0 Å².